The zero-order valence-corrected chi connectivity index (χ0v) is 5.13. The van der Waals surface area contributed by atoms with Crippen LogP contribution in [0.3, 0.4) is 0 Å². The maximum atomic E-state index is 10.7. The van der Waals surface area contributed by atoms with Crippen LogP contribution in [-0.2, 0) is 4.79 Å². The minimum absolute atomic E-state index is 0.0174. The highest BCUT2D eigenvalue weighted by molar-refractivity contribution is 5.80. The van der Waals surface area contributed by atoms with Crippen molar-refractivity contribution in [1.82, 2.24) is 4.90 Å². The maximum Gasteiger partial charge on any atom is 0.302 e. The highest BCUT2D eigenvalue weighted by Gasteiger charge is 2.21. The van der Waals surface area contributed by atoms with E-state index in [1.54, 1.807) is 4.90 Å². The van der Waals surface area contributed by atoms with E-state index in [-0.39, 0.29) is 12.5 Å². The maximum absolute atomic E-state index is 10.7. The molecule has 0 bridgehead atoms. The molecule has 0 unspecified atom stereocenters. The predicted molar refractivity (Wildman–Crippen MR) is 32.7 cm³/mol. The zero-order chi connectivity index (χ0) is 6.69. The zero-order valence-electron chi connectivity index (χ0n) is 5.13. The molecule has 0 aliphatic carbocycles. The first kappa shape index (κ1) is 6.09. The molecule has 1 rings (SSSR count). The predicted octanol–water partition coefficient (Wildman–Crippen LogP) is 0.138. The molecule has 0 radical (unpaired) electrons. The van der Waals surface area contributed by atoms with E-state index in [0.717, 1.165) is 19.5 Å². The lowest BCUT2D eigenvalue weighted by Gasteiger charge is -2.28. The molecule has 3 heteroatoms. The number of carbonyl (C=O) groups excluding carboxylic acids is 1. The number of nitrogens with zero attached hydrogens (tertiary/aromatic N) is 2. The second kappa shape index (κ2) is 2.49. The van der Waals surface area contributed by atoms with Crippen molar-refractivity contribution < 1.29 is 4.79 Å². The first-order valence-electron chi connectivity index (χ1n) is 2.95. The van der Waals surface area contributed by atoms with Gasteiger partial charge in [-0.1, -0.05) is 0 Å². The first-order chi connectivity index (χ1) is 4.34. The van der Waals surface area contributed by atoms with Crippen LogP contribution >= 0.6 is 0 Å². The van der Waals surface area contributed by atoms with Gasteiger partial charge in [0, 0.05) is 13.1 Å². The van der Waals surface area contributed by atoms with E-state index < -0.39 is 0 Å². The topological polar surface area (TPSA) is 24.7 Å². The lowest BCUT2D eigenvalue weighted by atomic mass is 10.2. The van der Waals surface area contributed by atoms with Crippen molar-refractivity contribution in [3.8, 4) is 0 Å². The van der Waals surface area contributed by atoms with E-state index in [1.807, 2.05) is 0 Å². The molecule has 48 valence electrons. The third-order valence-corrected chi connectivity index (χ3v) is 1.42. The monoisotopic (exact) mass is 124 g/mol. The fourth-order valence-corrected chi connectivity index (χ4v) is 0.733. The molecule has 1 fully saturated rings. The van der Waals surface area contributed by atoms with Crippen molar-refractivity contribution in [1.29, 1.82) is 0 Å². The van der Waals surface area contributed by atoms with E-state index in [1.165, 1.54) is 0 Å². The molecule has 0 N–H and O–H groups in total. The Morgan fingerprint density at radius 2 is 2.33 bits per heavy atom. The van der Waals surface area contributed by atoms with Gasteiger partial charge in [-0.3, -0.25) is 4.79 Å². The SMILES string of the molecule is [C-]#[N+]CC(=O)N1CCC1. The highest BCUT2D eigenvalue weighted by Crippen LogP contribution is 2.04. The summed E-state index contributed by atoms with van der Waals surface area (Å²) in [6.45, 7) is 8.14. The lowest BCUT2D eigenvalue weighted by Crippen LogP contribution is -2.42. The molecule has 1 saturated heterocycles. The van der Waals surface area contributed by atoms with Gasteiger partial charge in [-0.25, -0.2) is 6.57 Å². The quantitative estimate of drug-likeness (QED) is 0.456. The summed E-state index contributed by atoms with van der Waals surface area (Å²) in [6.07, 6.45) is 1.10. The average Bonchev–Trinajstić information content (AvgIpc) is 1.60. The summed E-state index contributed by atoms with van der Waals surface area (Å²) >= 11 is 0. The van der Waals surface area contributed by atoms with E-state index in [9.17, 15) is 4.79 Å². The fourth-order valence-electron chi connectivity index (χ4n) is 0.733. The van der Waals surface area contributed by atoms with Gasteiger partial charge in [0.05, 0.1) is 0 Å². The third kappa shape index (κ3) is 1.20. The molecule has 0 aromatic heterocycles. The van der Waals surface area contributed by atoms with Gasteiger partial charge in [-0.05, 0) is 6.42 Å². The van der Waals surface area contributed by atoms with Crippen molar-refractivity contribution in [2.24, 2.45) is 0 Å². The van der Waals surface area contributed by atoms with Crippen LogP contribution in [0, 0.1) is 6.57 Å². The van der Waals surface area contributed by atoms with Gasteiger partial charge in [-0.2, -0.15) is 0 Å². The van der Waals surface area contributed by atoms with Crippen LogP contribution < -0.4 is 0 Å². The summed E-state index contributed by atoms with van der Waals surface area (Å²) in [4.78, 5) is 15.4. The Kier molecular flexibility index (Phi) is 1.69. The summed E-state index contributed by atoms with van der Waals surface area (Å²) in [5.74, 6) is -0.0174. The van der Waals surface area contributed by atoms with Crippen molar-refractivity contribution in [3.63, 3.8) is 0 Å². The third-order valence-electron chi connectivity index (χ3n) is 1.42. The van der Waals surface area contributed by atoms with Crippen molar-refractivity contribution in [3.05, 3.63) is 11.4 Å². The molecule has 0 aromatic carbocycles. The van der Waals surface area contributed by atoms with Crippen LogP contribution in [0.5, 0.6) is 0 Å². The number of hydrogen-bond donors (Lipinski definition) is 0. The summed E-state index contributed by atoms with van der Waals surface area (Å²) in [5, 5.41) is 0. The highest BCUT2D eigenvalue weighted by atomic mass is 16.2. The molecule has 1 amide bonds. The second-order valence-electron chi connectivity index (χ2n) is 2.05. The largest absolute Gasteiger partial charge is 0.336 e. The van der Waals surface area contributed by atoms with Crippen LogP contribution in [0.1, 0.15) is 6.42 Å². The van der Waals surface area contributed by atoms with Gasteiger partial charge >= 0.3 is 5.91 Å². The summed E-state index contributed by atoms with van der Waals surface area (Å²) < 4.78 is 0. The Morgan fingerprint density at radius 3 is 2.67 bits per heavy atom. The Bertz CT molecular complexity index is 155. The summed E-state index contributed by atoms with van der Waals surface area (Å²) in [5.41, 5.74) is 0. The Hall–Kier alpha value is -1.04. The molecule has 3 nitrogen and oxygen atoms in total. The van der Waals surface area contributed by atoms with Crippen molar-refractivity contribution in [2.45, 2.75) is 6.42 Å². The Labute approximate surface area is 54.1 Å². The summed E-state index contributed by atoms with van der Waals surface area (Å²) in [6, 6.07) is 0. The number of rotatable bonds is 1. The molecule has 0 atom stereocenters. The molecular weight excluding hydrogens is 116 g/mol. The van der Waals surface area contributed by atoms with Gasteiger partial charge in [0.15, 0.2) is 0 Å². The molecule has 1 aliphatic heterocycles. The van der Waals surface area contributed by atoms with E-state index in [0.29, 0.717) is 0 Å². The van der Waals surface area contributed by atoms with Crippen LogP contribution in [-0.4, -0.2) is 30.4 Å². The van der Waals surface area contributed by atoms with E-state index >= 15 is 0 Å². The molecular formula is C6H8N2O. The van der Waals surface area contributed by atoms with Crippen molar-refractivity contribution in [2.75, 3.05) is 19.6 Å². The second-order valence-corrected chi connectivity index (χ2v) is 2.05. The van der Waals surface area contributed by atoms with Crippen molar-refractivity contribution >= 4 is 5.91 Å². The van der Waals surface area contributed by atoms with E-state index in [4.69, 9.17) is 6.57 Å². The molecule has 9 heavy (non-hydrogen) atoms. The molecule has 1 aliphatic rings. The fraction of sp³-hybridized carbons (Fsp3) is 0.667. The molecule has 0 spiro atoms. The van der Waals surface area contributed by atoms with E-state index in [2.05, 4.69) is 4.85 Å². The molecule has 0 saturated carbocycles. The first-order valence-corrected chi connectivity index (χ1v) is 2.95. The average molecular weight is 124 g/mol. The number of amides is 1. The Morgan fingerprint density at radius 1 is 1.67 bits per heavy atom. The Balaban J connectivity index is 2.26. The molecule has 1 heterocycles. The van der Waals surface area contributed by atoms with Gasteiger partial charge in [0.25, 0.3) is 6.54 Å². The smallest absolute Gasteiger partial charge is 0.302 e. The minimum Gasteiger partial charge on any atom is -0.336 e. The van der Waals surface area contributed by atoms with Gasteiger partial charge in [0.2, 0.25) is 0 Å². The van der Waals surface area contributed by atoms with Crippen LogP contribution in [0.15, 0.2) is 0 Å². The normalized spacial score (nSPS) is 16.1. The number of likely N-dealkylation sites (tertiary alicyclic amines) is 1. The standard InChI is InChI=1S/C6H8N2O/c1-7-5-6(9)8-3-2-4-8/h2-5H2. The van der Waals surface area contributed by atoms with Gasteiger partial charge in [0.1, 0.15) is 0 Å². The minimum atomic E-state index is -0.0174. The van der Waals surface area contributed by atoms with Gasteiger partial charge < -0.3 is 9.74 Å². The van der Waals surface area contributed by atoms with Gasteiger partial charge in [-0.15, -0.1) is 0 Å². The number of carbonyl (C=O) groups is 1. The van der Waals surface area contributed by atoms with Crippen LogP contribution in [0.4, 0.5) is 0 Å². The number of hydrogen-bond acceptors (Lipinski definition) is 1. The summed E-state index contributed by atoms with van der Waals surface area (Å²) in [7, 11) is 0. The van der Waals surface area contributed by atoms with Crippen LogP contribution in [0.2, 0.25) is 0 Å². The van der Waals surface area contributed by atoms with Crippen LogP contribution in [0.25, 0.3) is 4.85 Å². The molecule has 0 aromatic rings. The lowest BCUT2D eigenvalue weighted by molar-refractivity contribution is -0.132.